The molecule has 0 unspecified atom stereocenters. The van der Waals surface area contributed by atoms with Crippen LogP contribution in [0.1, 0.15) is 0 Å². The number of nitrogens with one attached hydrogen (secondary N) is 1. The summed E-state index contributed by atoms with van der Waals surface area (Å²) in [6.07, 6.45) is 10.6. The number of aromatic amines is 1. The van der Waals surface area contributed by atoms with E-state index in [1.807, 2.05) is 29.2 Å². The molecule has 15 heteroatoms. The molecule has 0 atom stereocenters. The van der Waals surface area contributed by atoms with E-state index in [2.05, 4.69) is 24.9 Å². The fourth-order valence-electron chi connectivity index (χ4n) is 3.72. The molecule has 4 aromatic heterocycles. The van der Waals surface area contributed by atoms with Gasteiger partial charge in [-0.2, -0.15) is 0 Å². The van der Waals surface area contributed by atoms with Crippen LogP contribution in [-0.4, -0.2) is 51.8 Å². The Kier molecular flexibility index (Phi) is 9.84. The number of nitro benzene ring substituents is 2. The molecule has 0 radical (unpaired) electrons. The fourth-order valence-corrected chi connectivity index (χ4v) is 4.61. The molecule has 0 amide bonds. The third-order valence-electron chi connectivity index (χ3n) is 5.51. The van der Waals surface area contributed by atoms with Crippen molar-refractivity contribution in [2.75, 3.05) is 12.5 Å². The molecule has 0 aliphatic carbocycles. The fraction of sp³-hybridized carbons (Fsp3) is 0.0769. The van der Waals surface area contributed by atoms with Gasteiger partial charge in [0.1, 0.15) is 11.0 Å². The van der Waals surface area contributed by atoms with E-state index in [4.69, 9.17) is 11.6 Å². The highest BCUT2D eigenvalue weighted by Gasteiger charge is 2.15. The Morgan fingerprint density at radius 1 is 0.805 bits per heavy atom. The van der Waals surface area contributed by atoms with E-state index in [1.165, 1.54) is 35.7 Å². The summed E-state index contributed by atoms with van der Waals surface area (Å²) in [5.74, 6) is 0.694. The molecule has 41 heavy (non-hydrogen) atoms. The molecule has 0 saturated carbocycles. The topological polar surface area (TPSA) is 159 Å². The average Bonchev–Trinajstić information content (AvgIpc) is 3.65. The summed E-state index contributed by atoms with van der Waals surface area (Å²) in [7, 11) is 0. The molecule has 0 saturated heterocycles. The van der Waals surface area contributed by atoms with Gasteiger partial charge >= 0.3 is 0 Å². The van der Waals surface area contributed by atoms with Gasteiger partial charge in [-0.05, 0) is 48.9 Å². The van der Waals surface area contributed by atoms with Gasteiger partial charge in [0.15, 0.2) is 10.3 Å². The van der Waals surface area contributed by atoms with Crippen LogP contribution in [0.2, 0.25) is 5.15 Å². The molecular weight excluding hydrogens is 588 g/mol. The number of thioether (sulfide) groups is 2. The first-order valence-electron chi connectivity index (χ1n) is 11.7. The Hall–Kier alpha value is -4.53. The molecule has 0 fully saturated rings. The van der Waals surface area contributed by atoms with Crippen LogP contribution in [0.5, 0.6) is 0 Å². The largest absolute Gasteiger partial charge is 0.361 e. The summed E-state index contributed by atoms with van der Waals surface area (Å²) in [6.45, 7) is 0. The van der Waals surface area contributed by atoms with E-state index in [-0.39, 0.29) is 21.2 Å². The zero-order chi connectivity index (χ0) is 29.4. The molecule has 6 rings (SSSR count). The van der Waals surface area contributed by atoms with Crippen molar-refractivity contribution in [1.82, 2.24) is 29.5 Å². The van der Waals surface area contributed by atoms with Crippen LogP contribution < -0.4 is 0 Å². The smallest absolute Gasteiger partial charge is 0.278 e. The maximum absolute atomic E-state index is 11.0. The Morgan fingerprint density at radius 2 is 1.44 bits per heavy atom. The number of rotatable bonds is 5. The number of halogens is 1. The lowest BCUT2D eigenvalue weighted by atomic mass is 10.2. The quantitative estimate of drug-likeness (QED) is 0.0711. The number of aromatic nitrogens is 6. The SMILES string of the molecule is CSc1nccc(-n2ccc3c([N+](=O)[O-])cccc32)n1.CSc1nccc(Cl)n1.O=[N+]([O-])c1cccc2[nH]ccc12. The van der Waals surface area contributed by atoms with Gasteiger partial charge in [0, 0.05) is 36.9 Å². The molecular formula is C26H21ClN8O4S2. The summed E-state index contributed by atoms with van der Waals surface area (Å²) >= 11 is 8.49. The summed E-state index contributed by atoms with van der Waals surface area (Å²) in [5.41, 5.74) is 1.79. The van der Waals surface area contributed by atoms with Crippen LogP contribution in [0.4, 0.5) is 11.4 Å². The number of fused-ring (bicyclic) bond motifs is 2. The minimum absolute atomic E-state index is 0.0976. The predicted octanol–water partition coefficient (Wildman–Crippen LogP) is 6.98. The molecule has 0 spiro atoms. The highest BCUT2D eigenvalue weighted by Crippen LogP contribution is 2.28. The van der Waals surface area contributed by atoms with Gasteiger partial charge in [-0.25, -0.2) is 19.9 Å². The van der Waals surface area contributed by atoms with Crippen molar-refractivity contribution in [3.8, 4) is 5.82 Å². The van der Waals surface area contributed by atoms with Crippen molar-refractivity contribution in [3.63, 3.8) is 0 Å². The first kappa shape index (κ1) is 29.5. The van der Waals surface area contributed by atoms with Crippen LogP contribution in [0.3, 0.4) is 0 Å². The first-order chi connectivity index (χ1) is 19.8. The third kappa shape index (κ3) is 7.16. The first-order valence-corrected chi connectivity index (χ1v) is 14.5. The molecule has 4 heterocycles. The summed E-state index contributed by atoms with van der Waals surface area (Å²) < 4.78 is 1.82. The number of non-ortho nitro benzene ring substituents is 2. The lowest BCUT2D eigenvalue weighted by Gasteiger charge is -2.05. The van der Waals surface area contributed by atoms with Gasteiger partial charge < -0.3 is 9.55 Å². The van der Waals surface area contributed by atoms with Crippen LogP contribution >= 0.6 is 35.1 Å². The molecule has 0 aliphatic rings. The molecule has 2 aromatic carbocycles. The van der Waals surface area contributed by atoms with Crippen LogP contribution in [0, 0.1) is 20.2 Å². The Morgan fingerprint density at radius 3 is 2.07 bits per heavy atom. The van der Waals surface area contributed by atoms with Crippen LogP contribution in [0.25, 0.3) is 27.6 Å². The second-order valence-electron chi connectivity index (χ2n) is 7.89. The van der Waals surface area contributed by atoms with Gasteiger partial charge in [0.25, 0.3) is 11.4 Å². The molecule has 208 valence electrons. The number of hydrogen-bond donors (Lipinski definition) is 1. The molecule has 6 aromatic rings. The normalized spacial score (nSPS) is 10.4. The van der Waals surface area contributed by atoms with Crippen molar-refractivity contribution >= 4 is 68.3 Å². The van der Waals surface area contributed by atoms with Crippen molar-refractivity contribution in [3.05, 3.63) is 111 Å². The maximum Gasteiger partial charge on any atom is 0.278 e. The minimum Gasteiger partial charge on any atom is -0.361 e. The Bertz CT molecular complexity index is 1830. The highest BCUT2D eigenvalue weighted by atomic mass is 35.5. The van der Waals surface area contributed by atoms with E-state index < -0.39 is 0 Å². The van der Waals surface area contributed by atoms with Crippen molar-refractivity contribution in [1.29, 1.82) is 0 Å². The second kappa shape index (κ2) is 13.7. The Labute approximate surface area is 246 Å². The molecule has 0 aliphatic heterocycles. The summed E-state index contributed by atoms with van der Waals surface area (Å²) in [5, 5.41) is 24.7. The zero-order valence-corrected chi connectivity index (χ0v) is 23.9. The average molecular weight is 609 g/mol. The summed E-state index contributed by atoms with van der Waals surface area (Å²) in [6, 6.07) is 16.8. The Balaban J connectivity index is 0.000000156. The summed E-state index contributed by atoms with van der Waals surface area (Å²) in [4.78, 5) is 40.1. The van der Waals surface area contributed by atoms with E-state index in [0.717, 1.165) is 11.0 Å². The molecule has 1 N–H and O–H groups in total. The van der Waals surface area contributed by atoms with Gasteiger partial charge in [-0.3, -0.25) is 20.2 Å². The second-order valence-corrected chi connectivity index (χ2v) is 9.83. The van der Waals surface area contributed by atoms with Crippen molar-refractivity contribution in [2.45, 2.75) is 10.3 Å². The molecule has 12 nitrogen and oxygen atoms in total. The maximum atomic E-state index is 11.0. The lowest BCUT2D eigenvalue weighted by molar-refractivity contribution is -0.383. The number of nitrogens with zero attached hydrogens (tertiary/aromatic N) is 7. The zero-order valence-electron chi connectivity index (χ0n) is 21.5. The van der Waals surface area contributed by atoms with E-state index in [1.54, 1.807) is 61.2 Å². The minimum atomic E-state index is -0.379. The van der Waals surface area contributed by atoms with Crippen LogP contribution in [0.15, 0.2) is 95.8 Å². The van der Waals surface area contributed by atoms with Gasteiger partial charge in [-0.15, -0.1) is 0 Å². The van der Waals surface area contributed by atoms with E-state index >= 15 is 0 Å². The monoisotopic (exact) mass is 608 g/mol. The number of hydrogen-bond acceptors (Lipinski definition) is 10. The predicted molar refractivity (Wildman–Crippen MR) is 161 cm³/mol. The third-order valence-corrected chi connectivity index (χ3v) is 6.84. The van der Waals surface area contributed by atoms with Gasteiger partial charge in [0.2, 0.25) is 0 Å². The van der Waals surface area contributed by atoms with Crippen LogP contribution in [-0.2, 0) is 0 Å². The number of nitro groups is 2. The van der Waals surface area contributed by atoms with Gasteiger partial charge in [-0.1, -0.05) is 47.3 Å². The van der Waals surface area contributed by atoms with E-state index in [0.29, 0.717) is 32.1 Å². The van der Waals surface area contributed by atoms with E-state index in [9.17, 15) is 20.2 Å². The molecule has 0 bridgehead atoms. The highest BCUT2D eigenvalue weighted by molar-refractivity contribution is 7.98. The lowest BCUT2D eigenvalue weighted by Crippen LogP contribution is -1.98. The number of H-pyrrole nitrogens is 1. The van der Waals surface area contributed by atoms with Crippen molar-refractivity contribution in [2.24, 2.45) is 0 Å². The number of benzene rings is 2. The van der Waals surface area contributed by atoms with Crippen molar-refractivity contribution < 1.29 is 9.85 Å². The standard InChI is InChI=1S/C13H10N4O2S.C8H6N2O2.C5H5ClN2S/c1-20-13-14-7-5-12(15-13)16-8-6-9-10(16)3-2-4-11(9)17(18)19;11-10(12)8-3-1-2-7-6(8)4-5-9-7;1-9-5-7-3-2-4(6)8-5/h2-8H,1H3;1-5,9H;2-3H,1H3. The van der Waals surface area contributed by atoms with Gasteiger partial charge in [0.05, 0.1) is 31.7 Å².